The van der Waals surface area contributed by atoms with Crippen molar-refractivity contribution in [2.24, 2.45) is 0 Å². The van der Waals surface area contributed by atoms with E-state index in [1.165, 1.54) is 11.3 Å². The second kappa shape index (κ2) is 7.43. The summed E-state index contributed by atoms with van der Waals surface area (Å²) in [5.74, 6) is -1.92. The van der Waals surface area contributed by atoms with Gasteiger partial charge in [0, 0.05) is 36.5 Å². The van der Waals surface area contributed by atoms with E-state index < -0.39 is 5.92 Å². The molecule has 1 aliphatic carbocycles. The lowest BCUT2D eigenvalue weighted by molar-refractivity contribution is -0.109. The van der Waals surface area contributed by atoms with E-state index in [-0.39, 0.29) is 18.9 Å². The highest BCUT2D eigenvalue weighted by Gasteiger charge is 2.34. The fourth-order valence-electron chi connectivity index (χ4n) is 2.90. The highest BCUT2D eigenvalue weighted by atomic mass is 32.1. The van der Waals surface area contributed by atoms with E-state index in [1.807, 2.05) is 24.4 Å². The molecular weight excluding hydrogens is 346 g/mol. The van der Waals surface area contributed by atoms with Crippen LogP contribution in [0.2, 0.25) is 0 Å². The molecule has 5 nitrogen and oxygen atoms in total. The zero-order valence-corrected chi connectivity index (χ0v) is 14.7. The molecule has 2 N–H and O–H groups in total. The number of nitrogens with one attached hydrogen (secondary N) is 2. The third-order valence-electron chi connectivity index (χ3n) is 4.18. The number of hydrogen-bond acceptors (Lipinski definition) is 5. The van der Waals surface area contributed by atoms with Gasteiger partial charge in [0.05, 0.1) is 0 Å². The van der Waals surface area contributed by atoms with Crippen molar-refractivity contribution in [3.8, 4) is 10.7 Å². The number of amides is 1. The summed E-state index contributed by atoms with van der Waals surface area (Å²) in [7, 11) is 0. The SMILES string of the molecule is Cc1csc(-c2cc(CNC=O)cc(NC3CCC(F)(F)CC3)n2)n1. The molecule has 1 aliphatic rings. The summed E-state index contributed by atoms with van der Waals surface area (Å²) in [4.78, 5) is 19.6. The van der Waals surface area contributed by atoms with Crippen LogP contribution in [0, 0.1) is 6.92 Å². The molecule has 0 atom stereocenters. The molecule has 1 amide bonds. The lowest BCUT2D eigenvalue weighted by Crippen LogP contribution is -2.32. The second-order valence-corrected chi connectivity index (χ2v) is 7.17. The molecule has 0 unspecified atom stereocenters. The van der Waals surface area contributed by atoms with Gasteiger partial charge in [-0.3, -0.25) is 4.79 Å². The minimum absolute atomic E-state index is 0.0210. The molecule has 2 heterocycles. The molecule has 0 spiro atoms. The number of pyridine rings is 1. The van der Waals surface area contributed by atoms with Crippen molar-refractivity contribution in [3.05, 3.63) is 28.8 Å². The van der Waals surface area contributed by atoms with Crippen LogP contribution < -0.4 is 10.6 Å². The zero-order chi connectivity index (χ0) is 17.9. The van der Waals surface area contributed by atoms with Gasteiger partial charge in [-0.1, -0.05) is 0 Å². The lowest BCUT2D eigenvalue weighted by Gasteiger charge is -2.29. The normalized spacial score (nSPS) is 17.2. The van der Waals surface area contributed by atoms with Crippen LogP contribution >= 0.6 is 11.3 Å². The smallest absolute Gasteiger partial charge is 0.248 e. The van der Waals surface area contributed by atoms with Crippen LogP contribution in [0.5, 0.6) is 0 Å². The number of thiazole rings is 1. The topological polar surface area (TPSA) is 66.9 Å². The Hall–Kier alpha value is -2.09. The predicted octanol–water partition coefficient (Wildman–Crippen LogP) is 3.75. The van der Waals surface area contributed by atoms with Crippen molar-refractivity contribution in [1.29, 1.82) is 0 Å². The minimum atomic E-state index is -2.55. The highest BCUT2D eigenvalue weighted by molar-refractivity contribution is 7.13. The molecule has 1 fully saturated rings. The summed E-state index contributed by atoms with van der Waals surface area (Å²) in [5.41, 5.74) is 2.52. The quantitative estimate of drug-likeness (QED) is 0.764. The van der Waals surface area contributed by atoms with Gasteiger partial charge in [0.15, 0.2) is 0 Å². The maximum Gasteiger partial charge on any atom is 0.248 e. The molecule has 25 heavy (non-hydrogen) atoms. The molecule has 0 radical (unpaired) electrons. The Morgan fingerprint density at radius 2 is 2.08 bits per heavy atom. The first kappa shape index (κ1) is 17.7. The predicted molar refractivity (Wildman–Crippen MR) is 93.8 cm³/mol. The van der Waals surface area contributed by atoms with Gasteiger partial charge >= 0.3 is 0 Å². The van der Waals surface area contributed by atoms with Gasteiger partial charge in [-0.25, -0.2) is 18.7 Å². The summed E-state index contributed by atoms with van der Waals surface area (Å²) in [6.45, 7) is 2.29. The van der Waals surface area contributed by atoms with E-state index in [9.17, 15) is 13.6 Å². The number of hydrogen-bond donors (Lipinski definition) is 2. The standard InChI is InChI=1S/C17H20F2N4OS/c1-11-9-25-16(21-11)14-6-12(8-20-10-24)7-15(23-14)22-13-2-4-17(18,19)5-3-13/h6-7,9-10,13H,2-5,8H2,1H3,(H,20,24)(H,22,23). The molecule has 0 aliphatic heterocycles. The van der Waals surface area contributed by atoms with Crippen molar-refractivity contribution in [1.82, 2.24) is 15.3 Å². The second-order valence-electron chi connectivity index (χ2n) is 6.31. The largest absolute Gasteiger partial charge is 0.367 e. The first-order valence-electron chi connectivity index (χ1n) is 8.20. The summed E-state index contributed by atoms with van der Waals surface area (Å²) < 4.78 is 26.6. The molecule has 1 saturated carbocycles. The van der Waals surface area contributed by atoms with E-state index in [1.54, 1.807) is 0 Å². The molecule has 0 bridgehead atoms. The third kappa shape index (κ3) is 4.72. The first-order chi connectivity index (χ1) is 11.9. The summed E-state index contributed by atoms with van der Waals surface area (Å²) in [6.07, 6.45) is 1.27. The number of carbonyl (C=O) groups is 1. The minimum Gasteiger partial charge on any atom is -0.367 e. The Balaban J connectivity index is 1.81. The van der Waals surface area contributed by atoms with Crippen LogP contribution in [0.25, 0.3) is 10.7 Å². The Morgan fingerprint density at radius 1 is 1.32 bits per heavy atom. The fraction of sp³-hybridized carbons (Fsp3) is 0.471. The molecule has 8 heteroatoms. The van der Waals surface area contributed by atoms with E-state index in [0.717, 1.165) is 16.3 Å². The van der Waals surface area contributed by atoms with Crippen molar-refractivity contribution >= 4 is 23.6 Å². The van der Waals surface area contributed by atoms with Crippen LogP contribution in [0.15, 0.2) is 17.5 Å². The Kier molecular flexibility index (Phi) is 5.27. The average molecular weight is 366 g/mol. The van der Waals surface area contributed by atoms with E-state index in [4.69, 9.17) is 0 Å². The van der Waals surface area contributed by atoms with Gasteiger partial charge in [-0.05, 0) is 37.5 Å². The van der Waals surface area contributed by atoms with Crippen LogP contribution in [-0.4, -0.2) is 28.3 Å². The Morgan fingerprint density at radius 3 is 2.72 bits per heavy atom. The van der Waals surface area contributed by atoms with E-state index in [2.05, 4.69) is 20.6 Å². The number of anilines is 1. The third-order valence-corrected chi connectivity index (χ3v) is 5.16. The van der Waals surface area contributed by atoms with Crippen molar-refractivity contribution < 1.29 is 13.6 Å². The average Bonchev–Trinajstić information content (AvgIpc) is 3.01. The van der Waals surface area contributed by atoms with Gasteiger partial charge in [-0.15, -0.1) is 11.3 Å². The number of alkyl halides is 2. The molecule has 0 aromatic carbocycles. The number of carbonyl (C=O) groups excluding carboxylic acids is 1. The number of halogens is 2. The zero-order valence-electron chi connectivity index (χ0n) is 13.9. The highest BCUT2D eigenvalue weighted by Crippen LogP contribution is 2.34. The van der Waals surface area contributed by atoms with Crippen molar-refractivity contribution in [3.63, 3.8) is 0 Å². The monoisotopic (exact) mass is 366 g/mol. The maximum atomic E-state index is 13.3. The van der Waals surface area contributed by atoms with E-state index >= 15 is 0 Å². The first-order valence-corrected chi connectivity index (χ1v) is 9.08. The number of rotatable bonds is 6. The van der Waals surface area contributed by atoms with Gasteiger partial charge in [0.2, 0.25) is 12.3 Å². The summed E-state index contributed by atoms with van der Waals surface area (Å²) >= 11 is 1.50. The van der Waals surface area contributed by atoms with Crippen molar-refractivity contribution in [2.45, 2.75) is 51.1 Å². The van der Waals surface area contributed by atoms with Gasteiger partial charge in [0.1, 0.15) is 16.5 Å². The number of nitrogens with zero attached hydrogens (tertiary/aromatic N) is 2. The lowest BCUT2D eigenvalue weighted by atomic mass is 9.92. The van der Waals surface area contributed by atoms with Gasteiger partial charge in [0.25, 0.3) is 0 Å². The molecule has 134 valence electrons. The number of aryl methyl sites for hydroxylation is 1. The summed E-state index contributed by atoms with van der Waals surface area (Å²) in [5, 5.41) is 8.65. The van der Waals surface area contributed by atoms with Crippen LogP contribution in [0.4, 0.5) is 14.6 Å². The fourth-order valence-corrected chi connectivity index (χ4v) is 3.65. The molecule has 2 aromatic rings. The van der Waals surface area contributed by atoms with Crippen LogP contribution in [0.3, 0.4) is 0 Å². The Labute approximate surface area is 148 Å². The van der Waals surface area contributed by atoms with Crippen LogP contribution in [-0.2, 0) is 11.3 Å². The maximum absolute atomic E-state index is 13.3. The van der Waals surface area contributed by atoms with Gasteiger partial charge < -0.3 is 10.6 Å². The molecule has 0 saturated heterocycles. The molecule has 3 rings (SSSR count). The number of aromatic nitrogens is 2. The van der Waals surface area contributed by atoms with Gasteiger partial charge in [-0.2, -0.15) is 0 Å². The van der Waals surface area contributed by atoms with E-state index in [0.29, 0.717) is 37.3 Å². The van der Waals surface area contributed by atoms with Crippen molar-refractivity contribution in [2.75, 3.05) is 5.32 Å². The summed E-state index contributed by atoms with van der Waals surface area (Å²) in [6, 6.07) is 3.70. The molecule has 2 aromatic heterocycles. The Bertz CT molecular complexity index is 740. The van der Waals surface area contributed by atoms with Crippen LogP contribution in [0.1, 0.15) is 36.9 Å². The molecular formula is C17H20F2N4OS.